The van der Waals surface area contributed by atoms with Crippen molar-refractivity contribution in [1.82, 2.24) is 14.9 Å². The third-order valence-corrected chi connectivity index (χ3v) is 4.57. The SMILES string of the molecule is COc1c(Cl)cc(/C=N\n2c(CCc3ccccc3)n[nH]c2=S)cc1Cl. The highest BCUT2D eigenvalue weighted by Gasteiger charge is 2.09. The van der Waals surface area contributed by atoms with Gasteiger partial charge in [0.2, 0.25) is 4.77 Å². The van der Waals surface area contributed by atoms with Gasteiger partial charge in [0.25, 0.3) is 0 Å². The molecule has 3 aromatic rings. The maximum Gasteiger partial charge on any atom is 0.216 e. The van der Waals surface area contributed by atoms with Crippen molar-refractivity contribution in [2.24, 2.45) is 5.10 Å². The fraction of sp³-hybridized carbons (Fsp3) is 0.167. The van der Waals surface area contributed by atoms with Crippen molar-refractivity contribution >= 4 is 41.6 Å². The number of nitrogens with one attached hydrogen (secondary N) is 1. The number of benzene rings is 2. The van der Waals surface area contributed by atoms with Gasteiger partial charge >= 0.3 is 0 Å². The largest absolute Gasteiger partial charge is 0.494 e. The first-order valence-electron chi connectivity index (χ1n) is 7.86. The highest BCUT2D eigenvalue weighted by molar-refractivity contribution is 7.71. The Labute approximate surface area is 166 Å². The Morgan fingerprint density at radius 3 is 2.54 bits per heavy atom. The van der Waals surface area contributed by atoms with Crippen molar-refractivity contribution in [3.8, 4) is 5.75 Å². The fourth-order valence-corrected chi connectivity index (χ4v) is 3.34. The van der Waals surface area contributed by atoms with E-state index >= 15 is 0 Å². The quantitative estimate of drug-likeness (QED) is 0.466. The molecule has 0 unspecified atom stereocenters. The van der Waals surface area contributed by atoms with Crippen LogP contribution in [0.3, 0.4) is 0 Å². The van der Waals surface area contributed by atoms with E-state index in [0.29, 0.717) is 27.0 Å². The van der Waals surface area contributed by atoms with Gasteiger partial charge in [-0.15, -0.1) is 0 Å². The van der Waals surface area contributed by atoms with E-state index < -0.39 is 0 Å². The van der Waals surface area contributed by atoms with E-state index in [1.807, 2.05) is 18.2 Å². The Morgan fingerprint density at radius 2 is 1.88 bits per heavy atom. The Kier molecular flexibility index (Phi) is 6.08. The molecule has 1 aromatic heterocycles. The number of H-pyrrole nitrogens is 1. The summed E-state index contributed by atoms with van der Waals surface area (Å²) in [6, 6.07) is 13.6. The standard InChI is InChI=1S/C18H16Cl2N4OS/c1-25-17-14(19)9-13(10-15(17)20)11-21-24-16(22-23-18(24)26)8-7-12-5-3-2-4-6-12/h2-6,9-11H,7-8H2,1H3,(H,23,26)/b21-11-. The zero-order valence-electron chi connectivity index (χ0n) is 13.9. The van der Waals surface area contributed by atoms with Gasteiger partial charge in [0.1, 0.15) is 0 Å². The van der Waals surface area contributed by atoms with E-state index in [0.717, 1.165) is 17.8 Å². The highest BCUT2D eigenvalue weighted by atomic mass is 35.5. The van der Waals surface area contributed by atoms with Crippen molar-refractivity contribution in [2.75, 3.05) is 7.11 Å². The number of hydrogen-bond donors (Lipinski definition) is 1. The molecule has 0 spiro atoms. The number of rotatable bonds is 6. The van der Waals surface area contributed by atoms with Gasteiger partial charge in [-0.05, 0) is 41.9 Å². The molecule has 1 heterocycles. The fourth-order valence-electron chi connectivity index (χ4n) is 2.48. The maximum atomic E-state index is 6.16. The monoisotopic (exact) mass is 406 g/mol. The normalized spacial score (nSPS) is 11.2. The van der Waals surface area contributed by atoms with Crippen molar-refractivity contribution in [1.29, 1.82) is 0 Å². The summed E-state index contributed by atoms with van der Waals surface area (Å²) in [4.78, 5) is 0. The van der Waals surface area contributed by atoms with Gasteiger partial charge < -0.3 is 4.74 Å². The Morgan fingerprint density at radius 1 is 1.19 bits per heavy atom. The van der Waals surface area contributed by atoms with E-state index in [9.17, 15) is 0 Å². The Bertz CT molecular complexity index is 959. The van der Waals surface area contributed by atoms with E-state index in [1.54, 1.807) is 23.0 Å². The summed E-state index contributed by atoms with van der Waals surface area (Å²) in [6.07, 6.45) is 3.18. The summed E-state index contributed by atoms with van der Waals surface area (Å²) in [5, 5.41) is 12.3. The summed E-state index contributed by atoms with van der Waals surface area (Å²) in [7, 11) is 1.52. The molecule has 0 radical (unpaired) electrons. The molecule has 0 atom stereocenters. The van der Waals surface area contributed by atoms with Crippen molar-refractivity contribution < 1.29 is 4.74 Å². The van der Waals surface area contributed by atoms with Crippen LogP contribution in [0.25, 0.3) is 0 Å². The van der Waals surface area contributed by atoms with Crippen LogP contribution in [0.2, 0.25) is 10.0 Å². The lowest BCUT2D eigenvalue weighted by molar-refractivity contribution is 0.415. The van der Waals surface area contributed by atoms with Gasteiger partial charge in [0.15, 0.2) is 11.6 Å². The molecule has 26 heavy (non-hydrogen) atoms. The smallest absolute Gasteiger partial charge is 0.216 e. The molecule has 0 aliphatic heterocycles. The molecule has 134 valence electrons. The van der Waals surface area contributed by atoms with Crippen molar-refractivity contribution in [3.05, 3.63) is 74.2 Å². The molecular formula is C18H16Cl2N4OS. The van der Waals surface area contributed by atoms with Crippen LogP contribution in [-0.4, -0.2) is 28.2 Å². The zero-order chi connectivity index (χ0) is 18.5. The minimum Gasteiger partial charge on any atom is -0.494 e. The molecule has 8 heteroatoms. The number of nitrogens with zero attached hydrogens (tertiary/aromatic N) is 3. The molecule has 0 bridgehead atoms. The number of aromatic nitrogens is 3. The average Bonchev–Trinajstić information content (AvgIpc) is 2.98. The van der Waals surface area contributed by atoms with Gasteiger partial charge in [-0.2, -0.15) is 14.9 Å². The van der Waals surface area contributed by atoms with Gasteiger partial charge in [0.05, 0.1) is 23.4 Å². The van der Waals surface area contributed by atoms with Crippen LogP contribution < -0.4 is 4.74 Å². The van der Waals surface area contributed by atoms with Crippen LogP contribution in [0.4, 0.5) is 0 Å². The molecule has 1 N–H and O–H groups in total. The number of methoxy groups -OCH3 is 1. The lowest BCUT2D eigenvalue weighted by Crippen LogP contribution is -2.01. The van der Waals surface area contributed by atoms with Crippen molar-refractivity contribution in [2.45, 2.75) is 12.8 Å². The second kappa shape index (κ2) is 8.49. The van der Waals surface area contributed by atoms with Crippen LogP contribution in [0, 0.1) is 4.77 Å². The number of halogens is 2. The van der Waals surface area contributed by atoms with Gasteiger partial charge in [-0.1, -0.05) is 53.5 Å². The van der Waals surface area contributed by atoms with E-state index in [-0.39, 0.29) is 0 Å². The summed E-state index contributed by atoms with van der Waals surface area (Å²) >= 11 is 17.6. The van der Waals surface area contributed by atoms with Gasteiger partial charge in [-0.25, -0.2) is 0 Å². The topological polar surface area (TPSA) is 55.2 Å². The first-order valence-corrected chi connectivity index (χ1v) is 9.02. The number of ether oxygens (including phenoxy) is 1. The molecule has 2 aromatic carbocycles. The van der Waals surface area contributed by atoms with E-state index in [4.69, 9.17) is 40.2 Å². The third kappa shape index (κ3) is 4.33. The summed E-state index contributed by atoms with van der Waals surface area (Å²) in [5.74, 6) is 1.19. The van der Waals surface area contributed by atoms with Gasteiger partial charge in [0, 0.05) is 6.42 Å². The second-order valence-electron chi connectivity index (χ2n) is 5.50. The molecule has 0 saturated heterocycles. The Hall–Kier alpha value is -2.15. The maximum absolute atomic E-state index is 6.16. The highest BCUT2D eigenvalue weighted by Crippen LogP contribution is 2.33. The molecule has 0 amide bonds. The predicted molar refractivity (Wildman–Crippen MR) is 107 cm³/mol. The first kappa shape index (κ1) is 18.6. The molecule has 0 saturated carbocycles. The predicted octanol–water partition coefficient (Wildman–Crippen LogP) is 4.92. The number of aromatic amines is 1. The van der Waals surface area contributed by atoms with Crippen LogP contribution in [0.1, 0.15) is 17.0 Å². The lowest BCUT2D eigenvalue weighted by Gasteiger charge is -2.06. The minimum absolute atomic E-state index is 0.418. The van der Waals surface area contributed by atoms with Crippen LogP contribution in [0.5, 0.6) is 5.75 Å². The number of hydrogen-bond acceptors (Lipinski definition) is 4. The van der Waals surface area contributed by atoms with E-state index in [1.165, 1.54) is 12.7 Å². The van der Waals surface area contributed by atoms with Gasteiger partial charge in [-0.3, -0.25) is 5.10 Å². The summed E-state index contributed by atoms with van der Waals surface area (Å²) in [6.45, 7) is 0. The third-order valence-electron chi connectivity index (χ3n) is 3.74. The molecule has 5 nitrogen and oxygen atoms in total. The van der Waals surface area contributed by atoms with Crippen molar-refractivity contribution in [3.63, 3.8) is 0 Å². The van der Waals surface area contributed by atoms with Crippen LogP contribution in [0.15, 0.2) is 47.6 Å². The minimum atomic E-state index is 0.418. The van der Waals surface area contributed by atoms with Crippen LogP contribution >= 0.6 is 35.4 Å². The molecular weight excluding hydrogens is 391 g/mol. The molecule has 3 rings (SSSR count). The summed E-state index contributed by atoms with van der Waals surface area (Å²) < 4.78 is 7.18. The first-order chi connectivity index (χ1) is 12.6. The molecule has 0 aliphatic rings. The molecule has 0 fully saturated rings. The van der Waals surface area contributed by atoms with Crippen LogP contribution in [-0.2, 0) is 12.8 Å². The summed E-state index contributed by atoms with van der Waals surface area (Å²) in [5.41, 5.74) is 1.96. The zero-order valence-corrected chi connectivity index (χ0v) is 16.3. The Balaban J connectivity index is 1.81. The van der Waals surface area contributed by atoms with E-state index in [2.05, 4.69) is 27.4 Å². The second-order valence-corrected chi connectivity index (χ2v) is 6.71. The average molecular weight is 407 g/mol. The lowest BCUT2D eigenvalue weighted by atomic mass is 10.1. The number of aryl methyl sites for hydroxylation is 2. The molecule has 0 aliphatic carbocycles.